The summed E-state index contributed by atoms with van der Waals surface area (Å²) in [5, 5.41) is 5.69. The molecule has 0 bridgehead atoms. The molecular formula is C17H26N2OS. The molecule has 1 saturated heterocycles. The molecule has 1 aliphatic heterocycles. The van der Waals surface area contributed by atoms with Crippen molar-refractivity contribution in [3.8, 4) is 0 Å². The van der Waals surface area contributed by atoms with Crippen LogP contribution in [0.5, 0.6) is 0 Å². The fourth-order valence-electron chi connectivity index (χ4n) is 3.67. The SMILES string of the molecule is CC(C)CC1NC(c2cccs2)N(CC2CCCC2)C1=O. The van der Waals surface area contributed by atoms with Gasteiger partial charge in [0.25, 0.3) is 0 Å². The average Bonchev–Trinajstić information content (AvgIpc) is 3.15. The number of carbonyl (C=O) groups is 1. The van der Waals surface area contributed by atoms with E-state index in [1.54, 1.807) is 11.3 Å². The zero-order chi connectivity index (χ0) is 14.8. The predicted molar refractivity (Wildman–Crippen MR) is 87.1 cm³/mol. The van der Waals surface area contributed by atoms with E-state index < -0.39 is 0 Å². The molecule has 0 radical (unpaired) electrons. The molecule has 4 heteroatoms. The van der Waals surface area contributed by atoms with Gasteiger partial charge in [0.15, 0.2) is 0 Å². The van der Waals surface area contributed by atoms with Crippen LogP contribution in [0.4, 0.5) is 0 Å². The Morgan fingerprint density at radius 2 is 2.14 bits per heavy atom. The Balaban J connectivity index is 1.76. The number of amides is 1. The van der Waals surface area contributed by atoms with Crippen molar-refractivity contribution >= 4 is 17.2 Å². The van der Waals surface area contributed by atoms with Crippen LogP contribution in [0.25, 0.3) is 0 Å². The molecular weight excluding hydrogens is 280 g/mol. The lowest BCUT2D eigenvalue weighted by molar-refractivity contribution is -0.131. The van der Waals surface area contributed by atoms with Gasteiger partial charge in [-0.15, -0.1) is 11.3 Å². The van der Waals surface area contributed by atoms with Crippen molar-refractivity contribution in [1.82, 2.24) is 10.2 Å². The summed E-state index contributed by atoms with van der Waals surface area (Å²) >= 11 is 1.75. The normalized spacial score (nSPS) is 27.2. The van der Waals surface area contributed by atoms with Gasteiger partial charge in [0.1, 0.15) is 6.17 Å². The highest BCUT2D eigenvalue weighted by molar-refractivity contribution is 7.10. The summed E-state index contributed by atoms with van der Waals surface area (Å²) < 4.78 is 0. The van der Waals surface area contributed by atoms with E-state index in [0.29, 0.717) is 17.7 Å². The fraction of sp³-hybridized carbons (Fsp3) is 0.706. The highest BCUT2D eigenvalue weighted by Crippen LogP contribution is 2.34. The molecule has 2 atom stereocenters. The number of hydrogen-bond donors (Lipinski definition) is 1. The highest BCUT2D eigenvalue weighted by atomic mass is 32.1. The topological polar surface area (TPSA) is 32.3 Å². The molecule has 1 amide bonds. The molecule has 0 aromatic carbocycles. The third kappa shape index (κ3) is 3.32. The molecule has 116 valence electrons. The number of rotatable bonds is 5. The molecule has 1 N–H and O–H groups in total. The van der Waals surface area contributed by atoms with E-state index in [1.165, 1.54) is 30.6 Å². The minimum atomic E-state index is -0.00139. The first-order valence-corrected chi connectivity index (χ1v) is 9.13. The van der Waals surface area contributed by atoms with Crippen LogP contribution in [0.15, 0.2) is 17.5 Å². The van der Waals surface area contributed by atoms with Crippen LogP contribution in [-0.2, 0) is 4.79 Å². The smallest absolute Gasteiger partial charge is 0.241 e. The van der Waals surface area contributed by atoms with Gasteiger partial charge in [-0.3, -0.25) is 10.1 Å². The van der Waals surface area contributed by atoms with Gasteiger partial charge in [-0.05, 0) is 42.5 Å². The summed E-state index contributed by atoms with van der Waals surface area (Å²) in [6, 6.07) is 4.23. The lowest BCUT2D eigenvalue weighted by Crippen LogP contribution is -2.34. The van der Waals surface area contributed by atoms with E-state index in [9.17, 15) is 4.79 Å². The van der Waals surface area contributed by atoms with Gasteiger partial charge in [0, 0.05) is 11.4 Å². The Morgan fingerprint density at radius 3 is 2.76 bits per heavy atom. The monoisotopic (exact) mass is 306 g/mol. The third-order valence-corrected chi connectivity index (χ3v) is 5.63. The van der Waals surface area contributed by atoms with Crippen molar-refractivity contribution < 1.29 is 4.79 Å². The summed E-state index contributed by atoms with van der Waals surface area (Å²) in [5.41, 5.74) is 0. The van der Waals surface area contributed by atoms with Crippen molar-refractivity contribution in [1.29, 1.82) is 0 Å². The van der Waals surface area contributed by atoms with Gasteiger partial charge in [-0.25, -0.2) is 0 Å². The van der Waals surface area contributed by atoms with Gasteiger partial charge in [-0.1, -0.05) is 32.8 Å². The minimum Gasteiger partial charge on any atom is -0.320 e. The van der Waals surface area contributed by atoms with Gasteiger partial charge in [0.05, 0.1) is 6.04 Å². The minimum absolute atomic E-state index is 0.00139. The summed E-state index contributed by atoms with van der Waals surface area (Å²) in [4.78, 5) is 16.2. The quantitative estimate of drug-likeness (QED) is 0.898. The van der Waals surface area contributed by atoms with Gasteiger partial charge >= 0.3 is 0 Å². The second-order valence-electron chi connectivity index (χ2n) is 6.91. The molecule has 1 saturated carbocycles. The Labute approximate surface area is 131 Å². The van der Waals surface area contributed by atoms with Crippen molar-refractivity contribution in [2.45, 2.75) is 58.2 Å². The first kappa shape index (κ1) is 15.0. The van der Waals surface area contributed by atoms with Crippen LogP contribution in [0.3, 0.4) is 0 Å². The van der Waals surface area contributed by atoms with E-state index in [1.807, 2.05) is 0 Å². The molecule has 1 aliphatic carbocycles. The van der Waals surface area contributed by atoms with Gasteiger partial charge < -0.3 is 4.90 Å². The summed E-state index contributed by atoms with van der Waals surface area (Å²) in [7, 11) is 0. The summed E-state index contributed by atoms with van der Waals surface area (Å²) in [5.74, 6) is 1.56. The number of thiophene rings is 1. The second kappa shape index (κ2) is 6.49. The van der Waals surface area contributed by atoms with Crippen molar-refractivity contribution in [3.05, 3.63) is 22.4 Å². The Morgan fingerprint density at radius 1 is 1.38 bits per heavy atom. The Bertz CT molecular complexity index is 465. The van der Waals surface area contributed by atoms with Crippen molar-refractivity contribution in [2.24, 2.45) is 11.8 Å². The molecule has 1 aromatic rings. The largest absolute Gasteiger partial charge is 0.320 e. The molecule has 2 fully saturated rings. The number of carbonyl (C=O) groups excluding carboxylic acids is 1. The van der Waals surface area contributed by atoms with E-state index >= 15 is 0 Å². The maximum Gasteiger partial charge on any atom is 0.241 e. The first-order chi connectivity index (χ1) is 10.1. The lowest BCUT2D eigenvalue weighted by Gasteiger charge is -2.26. The highest BCUT2D eigenvalue weighted by Gasteiger charge is 2.41. The zero-order valence-electron chi connectivity index (χ0n) is 13.0. The number of hydrogen-bond acceptors (Lipinski definition) is 3. The van der Waals surface area contributed by atoms with Crippen LogP contribution in [0.1, 0.15) is 57.0 Å². The molecule has 2 aliphatic rings. The fourth-order valence-corrected chi connectivity index (χ4v) is 4.46. The Hall–Kier alpha value is -0.870. The van der Waals surface area contributed by atoms with Gasteiger partial charge in [0.2, 0.25) is 5.91 Å². The Kier molecular flexibility index (Phi) is 4.65. The molecule has 3 rings (SSSR count). The molecule has 2 unspecified atom stereocenters. The van der Waals surface area contributed by atoms with E-state index in [-0.39, 0.29) is 12.2 Å². The maximum absolute atomic E-state index is 12.8. The molecule has 21 heavy (non-hydrogen) atoms. The van der Waals surface area contributed by atoms with E-state index in [4.69, 9.17) is 0 Å². The van der Waals surface area contributed by atoms with Crippen molar-refractivity contribution in [3.63, 3.8) is 0 Å². The molecule has 2 heterocycles. The maximum atomic E-state index is 12.8. The zero-order valence-corrected chi connectivity index (χ0v) is 13.9. The van der Waals surface area contributed by atoms with Gasteiger partial charge in [-0.2, -0.15) is 0 Å². The number of nitrogens with zero attached hydrogens (tertiary/aromatic N) is 1. The first-order valence-electron chi connectivity index (χ1n) is 8.25. The van der Waals surface area contributed by atoms with Crippen molar-refractivity contribution in [2.75, 3.05) is 6.54 Å². The van der Waals surface area contributed by atoms with Crippen LogP contribution >= 0.6 is 11.3 Å². The van der Waals surface area contributed by atoms with Crippen LogP contribution in [0.2, 0.25) is 0 Å². The van der Waals surface area contributed by atoms with Crippen LogP contribution < -0.4 is 5.32 Å². The van der Waals surface area contributed by atoms with Crippen LogP contribution in [-0.4, -0.2) is 23.4 Å². The number of nitrogens with one attached hydrogen (secondary N) is 1. The average molecular weight is 306 g/mol. The molecule has 0 spiro atoms. The van der Waals surface area contributed by atoms with E-state index in [2.05, 4.69) is 41.6 Å². The molecule has 1 aromatic heterocycles. The van der Waals surface area contributed by atoms with E-state index in [0.717, 1.165) is 13.0 Å². The molecule has 3 nitrogen and oxygen atoms in total. The van der Waals surface area contributed by atoms with Crippen LogP contribution in [0, 0.1) is 11.8 Å². The lowest BCUT2D eigenvalue weighted by atomic mass is 10.0. The summed E-state index contributed by atoms with van der Waals surface area (Å²) in [6.07, 6.45) is 6.27. The predicted octanol–water partition coefficient (Wildman–Crippen LogP) is 3.78. The summed E-state index contributed by atoms with van der Waals surface area (Å²) in [6.45, 7) is 5.31. The second-order valence-corrected chi connectivity index (χ2v) is 7.89. The third-order valence-electron chi connectivity index (χ3n) is 4.70. The standard InChI is InChI=1S/C17H26N2OS/c1-12(2)10-14-17(20)19(11-13-6-3-4-7-13)16(18-14)15-8-5-9-21-15/h5,8-9,12-14,16,18H,3-4,6-7,10-11H2,1-2H3.